The van der Waals surface area contributed by atoms with Crippen molar-refractivity contribution in [1.29, 1.82) is 5.41 Å². The highest BCUT2D eigenvalue weighted by Crippen LogP contribution is 2.20. The molecule has 1 aromatic heterocycles. The average Bonchev–Trinajstić information content (AvgIpc) is 2.16. The van der Waals surface area contributed by atoms with Gasteiger partial charge in [-0.05, 0) is 28.1 Å². The predicted molar refractivity (Wildman–Crippen MR) is 60.5 cm³/mol. The zero-order chi connectivity index (χ0) is 10.1. The third kappa shape index (κ3) is 1.48. The fourth-order valence-electron chi connectivity index (χ4n) is 1.28. The Bertz CT molecular complexity index is 508. The molecule has 4 heteroatoms. The lowest BCUT2D eigenvalue weighted by Gasteiger charge is -2.03. The molecule has 1 aromatic carbocycles. The second-order valence-electron chi connectivity index (χ2n) is 2.93. The molecule has 1 heterocycles. The number of nitrogen functional groups attached to an aromatic ring is 1. The van der Waals surface area contributed by atoms with E-state index in [-0.39, 0.29) is 5.84 Å². The van der Waals surface area contributed by atoms with Gasteiger partial charge >= 0.3 is 0 Å². The predicted octanol–water partition coefficient (Wildman–Crippen LogP) is 2.28. The Morgan fingerprint density at radius 2 is 2.07 bits per heavy atom. The largest absolute Gasteiger partial charge is 0.382 e. The third-order valence-corrected chi connectivity index (χ3v) is 2.54. The molecule has 0 saturated heterocycles. The summed E-state index contributed by atoms with van der Waals surface area (Å²) in [5, 5.41) is 8.37. The molecular weight excluding hydrogens is 242 g/mol. The van der Waals surface area contributed by atoms with Crippen molar-refractivity contribution in [2.75, 3.05) is 0 Å². The number of nitrogens with two attached hydrogens (primary N) is 1. The van der Waals surface area contributed by atoms with Crippen molar-refractivity contribution in [3.05, 3.63) is 40.5 Å². The molecule has 0 aliphatic rings. The van der Waals surface area contributed by atoms with Crippen molar-refractivity contribution in [2.24, 2.45) is 5.73 Å². The molecule has 2 rings (SSSR count). The summed E-state index contributed by atoms with van der Waals surface area (Å²) in [5.41, 5.74) is 6.73. The van der Waals surface area contributed by atoms with E-state index >= 15 is 0 Å². The molecule has 3 N–H and O–H groups in total. The monoisotopic (exact) mass is 249 g/mol. The fraction of sp³-hybridized carbons (Fsp3) is 0. The lowest BCUT2D eigenvalue weighted by atomic mass is 10.2. The molecule has 0 saturated carbocycles. The van der Waals surface area contributed by atoms with Gasteiger partial charge in [-0.15, -0.1) is 0 Å². The van der Waals surface area contributed by atoms with Crippen LogP contribution in [0.15, 0.2) is 34.8 Å². The SMILES string of the molecule is N=C(N)c1nc2ccccc2cc1Br. The summed E-state index contributed by atoms with van der Waals surface area (Å²) in [5.74, 6) is -0.0253. The normalized spacial score (nSPS) is 10.4. The Labute approximate surface area is 89.6 Å². The molecule has 70 valence electrons. The van der Waals surface area contributed by atoms with Gasteiger partial charge in [0.2, 0.25) is 0 Å². The topological polar surface area (TPSA) is 62.8 Å². The van der Waals surface area contributed by atoms with Crippen LogP contribution in [0, 0.1) is 5.41 Å². The van der Waals surface area contributed by atoms with E-state index < -0.39 is 0 Å². The van der Waals surface area contributed by atoms with Crippen LogP contribution in [0.1, 0.15) is 5.69 Å². The van der Waals surface area contributed by atoms with Crippen LogP contribution in [-0.4, -0.2) is 10.8 Å². The molecule has 3 nitrogen and oxygen atoms in total. The summed E-state index contributed by atoms with van der Waals surface area (Å²) < 4.78 is 0.753. The number of aromatic nitrogens is 1. The first-order valence-corrected chi connectivity index (χ1v) is 4.87. The molecule has 14 heavy (non-hydrogen) atoms. The number of hydrogen-bond donors (Lipinski definition) is 2. The number of para-hydroxylation sites is 1. The molecule has 0 atom stereocenters. The lowest BCUT2D eigenvalue weighted by molar-refractivity contribution is 1.29. The van der Waals surface area contributed by atoms with Gasteiger partial charge in [-0.25, -0.2) is 4.98 Å². The quantitative estimate of drug-likeness (QED) is 0.602. The van der Waals surface area contributed by atoms with Crippen LogP contribution < -0.4 is 5.73 Å². The highest BCUT2D eigenvalue weighted by atomic mass is 79.9. The second-order valence-corrected chi connectivity index (χ2v) is 3.78. The molecule has 0 bridgehead atoms. The van der Waals surface area contributed by atoms with Gasteiger partial charge in [-0.3, -0.25) is 5.41 Å². The van der Waals surface area contributed by atoms with E-state index in [0.717, 1.165) is 15.4 Å². The number of pyridine rings is 1. The molecule has 2 aromatic rings. The van der Waals surface area contributed by atoms with Crippen LogP contribution in [0.2, 0.25) is 0 Å². The Balaban J connectivity index is 2.77. The van der Waals surface area contributed by atoms with Gasteiger partial charge in [0, 0.05) is 9.86 Å². The maximum atomic E-state index is 7.34. The van der Waals surface area contributed by atoms with Crippen LogP contribution in [0.4, 0.5) is 0 Å². The highest BCUT2D eigenvalue weighted by Gasteiger charge is 2.06. The minimum Gasteiger partial charge on any atom is -0.382 e. The number of rotatable bonds is 1. The van der Waals surface area contributed by atoms with Gasteiger partial charge in [-0.1, -0.05) is 18.2 Å². The molecule has 0 aliphatic carbocycles. The van der Waals surface area contributed by atoms with Gasteiger partial charge < -0.3 is 5.73 Å². The van der Waals surface area contributed by atoms with Crippen LogP contribution in [0.5, 0.6) is 0 Å². The lowest BCUT2D eigenvalue weighted by Crippen LogP contribution is -2.13. The molecule has 0 aliphatic heterocycles. The van der Waals surface area contributed by atoms with Gasteiger partial charge in [0.25, 0.3) is 0 Å². The molecule has 0 fully saturated rings. The Kier molecular flexibility index (Phi) is 2.21. The summed E-state index contributed by atoms with van der Waals surface area (Å²) in [7, 11) is 0. The standard InChI is InChI=1S/C10H8BrN3/c11-7-5-6-3-1-2-4-8(6)14-9(7)10(12)13/h1-5H,(H3,12,13). The maximum Gasteiger partial charge on any atom is 0.143 e. The van der Waals surface area contributed by atoms with Crippen LogP contribution in [0.3, 0.4) is 0 Å². The zero-order valence-corrected chi connectivity index (χ0v) is 8.88. The van der Waals surface area contributed by atoms with Crippen molar-refractivity contribution in [2.45, 2.75) is 0 Å². The first kappa shape index (κ1) is 9.15. The van der Waals surface area contributed by atoms with Crippen molar-refractivity contribution in [3.8, 4) is 0 Å². The maximum absolute atomic E-state index is 7.34. The number of hydrogen-bond acceptors (Lipinski definition) is 2. The van der Waals surface area contributed by atoms with E-state index in [1.165, 1.54) is 0 Å². The van der Waals surface area contributed by atoms with E-state index in [4.69, 9.17) is 11.1 Å². The molecular formula is C10H8BrN3. The summed E-state index contributed by atoms with van der Waals surface area (Å²) in [6.45, 7) is 0. The first-order chi connectivity index (χ1) is 6.68. The van der Waals surface area contributed by atoms with E-state index in [0.29, 0.717) is 5.69 Å². The average molecular weight is 250 g/mol. The van der Waals surface area contributed by atoms with E-state index in [2.05, 4.69) is 20.9 Å². The molecule has 0 spiro atoms. The number of amidine groups is 1. The van der Waals surface area contributed by atoms with Gasteiger partial charge in [0.05, 0.1) is 5.52 Å². The number of halogens is 1. The van der Waals surface area contributed by atoms with E-state index in [1.54, 1.807) is 0 Å². The van der Waals surface area contributed by atoms with E-state index in [1.807, 2.05) is 30.3 Å². The first-order valence-electron chi connectivity index (χ1n) is 4.08. The Morgan fingerprint density at radius 3 is 2.79 bits per heavy atom. The van der Waals surface area contributed by atoms with Crippen molar-refractivity contribution in [3.63, 3.8) is 0 Å². The minimum atomic E-state index is -0.0253. The number of fused-ring (bicyclic) bond motifs is 1. The van der Waals surface area contributed by atoms with Crippen molar-refractivity contribution >= 4 is 32.7 Å². The number of nitrogens with one attached hydrogen (secondary N) is 1. The zero-order valence-electron chi connectivity index (χ0n) is 7.29. The fourth-order valence-corrected chi connectivity index (χ4v) is 1.83. The molecule has 0 radical (unpaired) electrons. The minimum absolute atomic E-state index is 0.0253. The number of nitrogens with zero attached hydrogens (tertiary/aromatic N) is 1. The number of benzene rings is 1. The Morgan fingerprint density at radius 1 is 1.36 bits per heavy atom. The highest BCUT2D eigenvalue weighted by molar-refractivity contribution is 9.10. The summed E-state index contributed by atoms with van der Waals surface area (Å²) in [4.78, 5) is 4.28. The summed E-state index contributed by atoms with van der Waals surface area (Å²) >= 11 is 3.33. The Hall–Kier alpha value is -1.42. The van der Waals surface area contributed by atoms with Crippen LogP contribution >= 0.6 is 15.9 Å². The van der Waals surface area contributed by atoms with Gasteiger partial charge in [0.1, 0.15) is 11.5 Å². The van der Waals surface area contributed by atoms with Crippen molar-refractivity contribution in [1.82, 2.24) is 4.98 Å². The molecule has 0 amide bonds. The third-order valence-electron chi connectivity index (χ3n) is 1.93. The second kappa shape index (κ2) is 3.38. The van der Waals surface area contributed by atoms with Gasteiger partial charge in [0.15, 0.2) is 0 Å². The van der Waals surface area contributed by atoms with Crippen molar-refractivity contribution < 1.29 is 0 Å². The van der Waals surface area contributed by atoms with Crippen LogP contribution in [-0.2, 0) is 0 Å². The van der Waals surface area contributed by atoms with Crippen LogP contribution in [0.25, 0.3) is 10.9 Å². The summed E-state index contributed by atoms with van der Waals surface area (Å²) in [6.07, 6.45) is 0. The smallest absolute Gasteiger partial charge is 0.143 e. The van der Waals surface area contributed by atoms with Gasteiger partial charge in [-0.2, -0.15) is 0 Å². The van der Waals surface area contributed by atoms with E-state index in [9.17, 15) is 0 Å². The molecule has 0 unspecified atom stereocenters. The summed E-state index contributed by atoms with van der Waals surface area (Å²) in [6, 6.07) is 9.64.